The van der Waals surface area contributed by atoms with Gasteiger partial charge < -0.3 is 19.5 Å². The molecule has 0 bridgehead atoms. The van der Waals surface area contributed by atoms with Crippen molar-refractivity contribution in [1.29, 1.82) is 0 Å². The van der Waals surface area contributed by atoms with Crippen LogP contribution < -0.4 is 19.5 Å². The van der Waals surface area contributed by atoms with Crippen LogP contribution in [0, 0.1) is 11.3 Å². The molecule has 3 rings (SSSR count). The summed E-state index contributed by atoms with van der Waals surface area (Å²) in [4.78, 5) is 28.7. The topological polar surface area (TPSA) is 86.2 Å². The van der Waals surface area contributed by atoms with Gasteiger partial charge in [-0.3, -0.25) is 9.59 Å². The van der Waals surface area contributed by atoms with E-state index in [2.05, 4.69) is 31.1 Å². The van der Waals surface area contributed by atoms with E-state index in [-0.39, 0.29) is 17.2 Å². The largest absolute Gasteiger partial charge is 0.493 e. The number of carbonyl (C=O) groups is 2. The lowest BCUT2D eigenvalue weighted by Crippen LogP contribution is -2.36. The Hall–Kier alpha value is -3.61. The van der Waals surface area contributed by atoms with Gasteiger partial charge in [-0.05, 0) is 46.9 Å². The fraction of sp³-hybridized carbons (Fsp3) is 0.320. The molecule has 1 aliphatic heterocycles. The second-order valence-corrected chi connectivity index (χ2v) is 8.44. The number of fused-ring (bicyclic) bond motifs is 1. The van der Waals surface area contributed by atoms with Gasteiger partial charge in [0.2, 0.25) is 11.7 Å². The van der Waals surface area contributed by atoms with Crippen LogP contribution in [0.25, 0.3) is 6.08 Å². The summed E-state index contributed by atoms with van der Waals surface area (Å²) in [7, 11) is 4.59. The molecule has 0 spiro atoms. The van der Waals surface area contributed by atoms with Crippen LogP contribution >= 0.6 is 0 Å². The number of rotatable bonds is 5. The van der Waals surface area contributed by atoms with Crippen molar-refractivity contribution in [3.05, 3.63) is 59.3 Å². The molecule has 0 saturated carbocycles. The van der Waals surface area contributed by atoms with Gasteiger partial charge in [0.15, 0.2) is 11.5 Å². The summed E-state index contributed by atoms with van der Waals surface area (Å²) >= 11 is 0. The number of amides is 2. The molecule has 2 amide bonds. The molecular formula is C25H28N2O5. The molecule has 168 valence electrons. The number of carbonyl (C=O) groups excluding carboxylic acids is 2. The van der Waals surface area contributed by atoms with Gasteiger partial charge in [0.1, 0.15) is 0 Å². The zero-order valence-corrected chi connectivity index (χ0v) is 19.2. The van der Waals surface area contributed by atoms with E-state index in [0.29, 0.717) is 28.5 Å². The fourth-order valence-electron chi connectivity index (χ4n) is 3.67. The Balaban J connectivity index is 1.81. The molecule has 0 fully saturated rings. The van der Waals surface area contributed by atoms with Crippen LogP contribution in [0.1, 0.15) is 26.3 Å². The van der Waals surface area contributed by atoms with E-state index in [1.54, 1.807) is 36.4 Å². The van der Waals surface area contributed by atoms with Crippen LogP contribution in [0.4, 0.5) is 0 Å². The average Bonchev–Trinajstić information content (AvgIpc) is 2.75. The lowest BCUT2D eigenvalue weighted by Gasteiger charge is -2.34. The van der Waals surface area contributed by atoms with Crippen molar-refractivity contribution in [2.45, 2.75) is 20.8 Å². The van der Waals surface area contributed by atoms with Gasteiger partial charge >= 0.3 is 0 Å². The molecule has 1 aromatic rings. The third kappa shape index (κ3) is 4.99. The first-order valence-corrected chi connectivity index (χ1v) is 10.2. The Bertz CT molecular complexity index is 1060. The number of nitrogens with one attached hydrogen (secondary N) is 1. The first-order valence-electron chi connectivity index (χ1n) is 10.2. The number of nitrogens with zero attached hydrogens (tertiary/aromatic N) is 1. The molecule has 1 atom stereocenters. The molecule has 1 N–H and O–H groups in total. The Morgan fingerprint density at radius 3 is 2.28 bits per heavy atom. The van der Waals surface area contributed by atoms with Crippen molar-refractivity contribution in [3.63, 3.8) is 0 Å². The monoisotopic (exact) mass is 436 g/mol. The Kier molecular flexibility index (Phi) is 6.67. The fourth-order valence-corrected chi connectivity index (χ4v) is 3.67. The third-order valence-electron chi connectivity index (χ3n) is 5.20. The van der Waals surface area contributed by atoms with E-state index in [1.807, 2.05) is 6.08 Å². The van der Waals surface area contributed by atoms with Gasteiger partial charge in [-0.2, -0.15) is 0 Å². The molecule has 2 aliphatic rings. The second-order valence-electron chi connectivity index (χ2n) is 8.44. The normalized spacial score (nSPS) is 19.2. The molecule has 1 unspecified atom stereocenters. The summed E-state index contributed by atoms with van der Waals surface area (Å²) in [5, 5.41) is 2.86. The number of aliphatic imine (C=N–C) groups is 1. The van der Waals surface area contributed by atoms with Crippen molar-refractivity contribution < 1.29 is 23.8 Å². The zero-order chi connectivity index (χ0) is 23.5. The van der Waals surface area contributed by atoms with Crippen LogP contribution in [0.2, 0.25) is 0 Å². The molecule has 0 aromatic heterocycles. The van der Waals surface area contributed by atoms with Gasteiger partial charge in [-0.1, -0.05) is 26.8 Å². The molecule has 1 heterocycles. The SMILES string of the molecule is COc1cc(/C=C/C(=O)N=C2C=CC3C(=C2)NC(=O)C=C3C(C)(C)C)cc(OC)c1OC. The summed E-state index contributed by atoms with van der Waals surface area (Å²) in [5.74, 6) is 0.837. The molecule has 7 nitrogen and oxygen atoms in total. The highest BCUT2D eigenvalue weighted by Crippen LogP contribution is 2.39. The van der Waals surface area contributed by atoms with Crippen LogP contribution in [-0.4, -0.2) is 38.9 Å². The molecule has 1 aromatic carbocycles. The third-order valence-corrected chi connectivity index (χ3v) is 5.20. The number of benzene rings is 1. The van der Waals surface area contributed by atoms with E-state index >= 15 is 0 Å². The van der Waals surface area contributed by atoms with Crippen molar-refractivity contribution >= 4 is 23.6 Å². The van der Waals surface area contributed by atoms with Gasteiger partial charge in [0.25, 0.3) is 5.91 Å². The van der Waals surface area contributed by atoms with Gasteiger partial charge in [0.05, 0.1) is 27.0 Å². The number of allylic oxidation sites excluding steroid dienone is 3. The predicted molar refractivity (Wildman–Crippen MR) is 124 cm³/mol. The highest BCUT2D eigenvalue weighted by Gasteiger charge is 2.32. The maximum atomic E-state index is 12.4. The lowest BCUT2D eigenvalue weighted by molar-refractivity contribution is -0.116. The summed E-state index contributed by atoms with van der Waals surface area (Å²) in [6, 6.07) is 3.48. The smallest absolute Gasteiger partial charge is 0.270 e. The molecule has 0 saturated heterocycles. The quantitative estimate of drug-likeness (QED) is 0.709. The highest BCUT2D eigenvalue weighted by molar-refractivity contribution is 6.13. The summed E-state index contributed by atoms with van der Waals surface area (Å²) in [6.45, 7) is 6.22. The summed E-state index contributed by atoms with van der Waals surface area (Å²) < 4.78 is 16.0. The molecule has 32 heavy (non-hydrogen) atoms. The second kappa shape index (κ2) is 9.26. The van der Waals surface area contributed by atoms with Gasteiger partial charge in [-0.25, -0.2) is 4.99 Å². The Morgan fingerprint density at radius 2 is 1.72 bits per heavy atom. The maximum absolute atomic E-state index is 12.4. The minimum atomic E-state index is -0.428. The van der Waals surface area contributed by atoms with Crippen LogP contribution in [0.3, 0.4) is 0 Å². The van der Waals surface area contributed by atoms with Crippen molar-refractivity contribution in [3.8, 4) is 17.2 Å². The minimum Gasteiger partial charge on any atom is -0.493 e. The molecule has 0 radical (unpaired) electrons. The van der Waals surface area contributed by atoms with E-state index in [1.165, 1.54) is 27.4 Å². The first kappa shape index (κ1) is 23.1. The van der Waals surface area contributed by atoms with Crippen LogP contribution in [0.15, 0.2) is 58.8 Å². The number of hydrogen-bond donors (Lipinski definition) is 1. The first-order chi connectivity index (χ1) is 15.2. The Morgan fingerprint density at radius 1 is 1.06 bits per heavy atom. The molecule has 7 heteroatoms. The van der Waals surface area contributed by atoms with E-state index in [9.17, 15) is 9.59 Å². The Labute approximate surface area is 188 Å². The number of methoxy groups -OCH3 is 3. The minimum absolute atomic E-state index is 0.0310. The molecular weight excluding hydrogens is 408 g/mol. The van der Waals surface area contributed by atoms with Crippen molar-refractivity contribution in [1.82, 2.24) is 5.32 Å². The van der Waals surface area contributed by atoms with Crippen molar-refractivity contribution in [2.24, 2.45) is 16.3 Å². The van der Waals surface area contributed by atoms with Crippen LogP contribution in [0.5, 0.6) is 17.2 Å². The lowest BCUT2D eigenvalue weighted by atomic mass is 9.74. The van der Waals surface area contributed by atoms with E-state index in [4.69, 9.17) is 14.2 Å². The van der Waals surface area contributed by atoms with Crippen molar-refractivity contribution in [2.75, 3.05) is 21.3 Å². The molecule has 1 aliphatic carbocycles. The average molecular weight is 437 g/mol. The van der Waals surface area contributed by atoms with E-state index < -0.39 is 5.91 Å². The van der Waals surface area contributed by atoms with Gasteiger partial charge in [0, 0.05) is 23.8 Å². The summed E-state index contributed by atoms with van der Waals surface area (Å²) in [6.07, 6.45) is 10.2. The predicted octanol–water partition coefficient (Wildman–Crippen LogP) is 3.87. The van der Waals surface area contributed by atoms with Gasteiger partial charge in [-0.15, -0.1) is 0 Å². The van der Waals surface area contributed by atoms with Crippen LogP contribution in [-0.2, 0) is 9.59 Å². The number of hydrogen-bond acceptors (Lipinski definition) is 5. The number of ether oxygens (including phenoxy) is 3. The van der Waals surface area contributed by atoms with E-state index in [0.717, 1.165) is 11.3 Å². The summed E-state index contributed by atoms with van der Waals surface area (Å²) in [5.41, 5.74) is 2.78. The zero-order valence-electron chi connectivity index (χ0n) is 19.2. The maximum Gasteiger partial charge on any atom is 0.270 e. The highest BCUT2D eigenvalue weighted by atomic mass is 16.5. The standard InChI is InChI=1S/C25H28N2O5/c1-25(2,3)18-14-23(29)27-19-13-16(8-9-17(18)19)26-22(28)10-7-15-11-20(30-4)24(32-6)21(12-15)31-5/h7-14,17H,1-6H3,(H,27,29)/b10-7+,26-16?.